The summed E-state index contributed by atoms with van der Waals surface area (Å²) in [6.07, 6.45) is 0. The lowest BCUT2D eigenvalue weighted by Gasteiger charge is -1.99. The van der Waals surface area contributed by atoms with Crippen LogP contribution in [0, 0.1) is 5.82 Å². The molecule has 0 spiro atoms. The molecule has 0 fully saturated rings. The van der Waals surface area contributed by atoms with Crippen LogP contribution in [0.4, 0.5) is 4.39 Å². The highest BCUT2D eigenvalue weighted by atomic mass is 35.5. The highest BCUT2D eigenvalue weighted by Crippen LogP contribution is 2.23. The van der Waals surface area contributed by atoms with Crippen molar-refractivity contribution in [3.63, 3.8) is 0 Å². The van der Waals surface area contributed by atoms with E-state index in [1.807, 2.05) is 0 Å². The number of aromatic hydroxyl groups is 1. The van der Waals surface area contributed by atoms with Gasteiger partial charge in [-0.2, -0.15) is 0 Å². The molecule has 2 aromatic rings. The van der Waals surface area contributed by atoms with Crippen LogP contribution in [0.25, 0.3) is 10.9 Å². The highest BCUT2D eigenvalue weighted by molar-refractivity contribution is 6.29. The molecule has 0 saturated carbocycles. The Hall–Kier alpha value is -1.35. The number of rotatable bonds is 0. The molecule has 1 heterocycles. The summed E-state index contributed by atoms with van der Waals surface area (Å²) in [6, 6.07) is 5.72. The number of phenolic OH excluding ortho intramolecular Hbond substituents is 1. The Balaban J connectivity index is 2.81. The zero-order valence-corrected chi connectivity index (χ0v) is 7.22. The topological polar surface area (TPSA) is 33.1 Å². The van der Waals surface area contributed by atoms with Crippen molar-refractivity contribution in [3.05, 3.63) is 35.2 Å². The van der Waals surface area contributed by atoms with Crippen LogP contribution in [0.2, 0.25) is 5.15 Å². The number of pyridine rings is 1. The van der Waals surface area contributed by atoms with E-state index in [9.17, 15) is 4.39 Å². The molecule has 0 saturated heterocycles. The average molecular weight is 198 g/mol. The summed E-state index contributed by atoms with van der Waals surface area (Å²) in [5.74, 6) is -1.07. The average Bonchev–Trinajstić information content (AvgIpc) is 2.08. The van der Waals surface area contributed by atoms with Crippen LogP contribution in [0.15, 0.2) is 24.3 Å². The molecule has 0 amide bonds. The van der Waals surface area contributed by atoms with Crippen molar-refractivity contribution < 1.29 is 9.50 Å². The molecule has 66 valence electrons. The molecule has 4 heteroatoms. The third kappa shape index (κ3) is 1.42. The Bertz CT molecular complexity index is 472. The zero-order valence-electron chi connectivity index (χ0n) is 6.46. The van der Waals surface area contributed by atoms with Crippen molar-refractivity contribution in [2.24, 2.45) is 0 Å². The van der Waals surface area contributed by atoms with E-state index in [1.54, 1.807) is 12.1 Å². The normalized spacial score (nSPS) is 10.6. The lowest BCUT2D eigenvalue weighted by molar-refractivity contribution is 0.433. The number of hydrogen-bond acceptors (Lipinski definition) is 2. The van der Waals surface area contributed by atoms with E-state index in [4.69, 9.17) is 16.7 Å². The maximum atomic E-state index is 12.8. The van der Waals surface area contributed by atoms with Gasteiger partial charge in [-0.1, -0.05) is 11.6 Å². The summed E-state index contributed by atoms with van der Waals surface area (Å²) in [5, 5.41) is 10.0. The van der Waals surface area contributed by atoms with Crippen LogP contribution < -0.4 is 0 Å². The van der Waals surface area contributed by atoms with Gasteiger partial charge in [0.15, 0.2) is 11.6 Å². The predicted molar refractivity (Wildman–Crippen MR) is 48.4 cm³/mol. The fraction of sp³-hybridized carbons (Fsp3) is 0. The van der Waals surface area contributed by atoms with Crippen molar-refractivity contribution in [2.45, 2.75) is 0 Å². The quantitative estimate of drug-likeness (QED) is 0.659. The van der Waals surface area contributed by atoms with Gasteiger partial charge in [0.05, 0.1) is 5.52 Å². The van der Waals surface area contributed by atoms with Gasteiger partial charge in [-0.3, -0.25) is 0 Å². The summed E-state index contributed by atoms with van der Waals surface area (Å²) >= 11 is 5.61. The Labute approximate surface area is 78.6 Å². The summed E-state index contributed by atoms with van der Waals surface area (Å²) in [6.45, 7) is 0. The standard InChI is InChI=1S/C9H5ClFNO/c10-9-2-1-5-3-8(13)6(11)4-7(5)12-9/h1-4,13H. The second-order valence-corrected chi connectivity index (χ2v) is 3.02. The van der Waals surface area contributed by atoms with Gasteiger partial charge in [0.2, 0.25) is 0 Å². The van der Waals surface area contributed by atoms with Crippen molar-refractivity contribution in [2.75, 3.05) is 0 Å². The number of aromatic nitrogens is 1. The van der Waals surface area contributed by atoms with E-state index >= 15 is 0 Å². The molecule has 2 nitrogen and oxygen atoms in total. The van der Waals surface area contributed by atoms with Crippen molar-refractivity contribution in [1.29, 1.82) is 0 Å². The van der Waals surface area contributed by atoms with Crippen LogP contribution in [-0.4, -0.2) is 10.1 Å². The first-order valence-corrected chi connectivity index (χ1v) is 3.99. The monoisotopic (exact) mass is 197 g/mol. The van der Waals surface area contributed by atoms with Crippen LogP contribution >= 0.6 is 11.6 Å². The molecule has 0 bridgehead atoms. The Morgan fingerprint density at radius 1 is 1.31 bits per heavy atom. The summed E-state index contributed by atoms with van der Waals surface area (Å²) < 4.78 is 12.8. The minimum atomic E-state index is -0.692. The smallest absolute Gasteiger partial charge is 0.166 e. The number of phenols is 1. The number of hydrogen-bond donors (Lipinski definition) is 1. The maximum Gasteiger partial charge on any atom is 0.166 e. The molecule has 1 aromatic carbocycles. The predicted octanol–water partition coefficient (Wildman–Crippen LogP) is 2.73. The van der Waals surface area contributed by atoms with E-state index < -0.39 is 5.82 Å². The fourth-order valence-electron chi connectivity index (χ4n) is 1.11. The molecule has 13 heavy (non-hydrogen) atoms. The maximum absolute atomic E-state index is 12.8. The molecular weight excluding hydrogens is 193 g/mol. The van der Waals surface area contributed by atoms with Crippen molar-refractivity contribution >= 4 is 22.5 Å². The SMILES string of the molecule is Oc1cc2ccc(Cl)nc2cc1F. The lowest BCUT2D eigenvalue weighted by atomic mass is 10.2. The number of fused-ring (bicyclic) bond motifs is 1. The lowest BCUT2D eigenvalue weighted by Crippen LogP contribution is -1.82. The molecule has 0 aliphatic carbocycles. The highest BCUT2D eigenvalue weighted by Gasteiger charge is 2.03. The first kappa shape index (κ1) is 8.26. The van der Waals surface area contributed by atoms with E-state index in [0.29, 0.717) is 16.1 Å². The third-order valence-corrected chi connectivity index (χ3v) is 1.93. The Morgan fingerprint density at radius 3 is 2.85 bits per heavy atom. The Kier molecular flexibility index (Phi) is 1.81. The van der Waals surface area contributed by atoms with Gasteiger partial charge in [-0.15, -0.1) is 0 Å². The van der Waals surface area contributed by atoms with Crippen LogP contribution in [-0.2, 0) is 0 Å². The Morgan fingerprint density at radius 2 is 2.08 bits per heavy atom. The van der Waals surface area contributed by atoms with Gasteiger partial charge in [-0.25, -0.2) is 9.37 Å². The van der Waals surface area contributed by atoms with E-state index in [0.717, 1.165) is 6.07 Å². The van der Waals surface area contributed by atoms with Gasteiger partial charge >= 0.3 is 0 Å². The molecule has 1 N–H and O–H groups in total. The number of benzene rings is 1. The van der Waals surface area contributed by atoms with E-state index in [1.165, 1.54) is 6.07 Å². The third-order valence-electron chi connectivity index (χ3n) is 1.72. The van der Waals surface area contributed by atoms with Gasteiger partial charge in [0, 0.05) is 11.5 Å². The second-order valence-electron chi connectivity index (χ2n) is 2.63. The molecule has 0 atom stereocenters. The van der Waals surface area contributed by atoms with Gasteiger partial charge in [-0.05, 0) is 18.2 Å². The van der Waals surface area contributed by atoms with Gasteiger partial charge < -0.3 is 5.11 Å². The first-order chi connectivity index (χ1) is 6.16. The fourth-order valence-corrected chi connectivity index (χ4v) is 1.26. The second kappa shape index (κ2) is 2.85. The van der Waals surface area contributed by atoms with Crippen LogP contribution in [0.5, 0.6) is 5.75 Å². The molecule has 0 unspecified atom stereocenters. The molecule has 0 aliphatic rings. The van der Waals surface area contributed by atoms with Gasteiger partial charge in [0.1, 0.15) is 5.15 Å². The molecule has 0 aliphatic heterocycles. The molecule has 0 radical (unpaired) electrons. The summed E-state index contributed by atoms with van der Waals surface area (Å²) in [4.78, 5) is 3.89. The van der Waals surface area contributed by atoms with E-state index in [2.05, 4.69) is 4.98 Å². The van der Waals surface area contributed by atoms with Crippen LogP contribution in [0.1, 0.15) is 0 Å². The summed E-state index contributed by atoms with van der Waals surface area (Å²) in [5.41, 5.74) is 0.433. The number of halogens is 2. The van der Waals surface area contributed by atoms with Crippen molar-refractivity contribution in [3.8, 4) is 5.75 Å². The minimum absolute atomic E-state index is 0.303. The summed E-state index contributed by atoms with van der Waals surface area (Å²) in [7, 11) is 0. The molecule has 1 aromatic heterocycles. The van der Waals surface area contributed by atoms with E-state index in [-0.39, 0.29) is 5.75 Å². The molecular formula is C9H5ClFNO. The number of nitrogens with zero attached hydrogens (tertiary/aromatic N) is 1. The first-order valence-electron chi connectivity index (χ1n) is 3.61. The zero-order chi connectivity index (χ0) is 9.42. The van der Waals surface area contributed by atoms with Gasteiger partial charge in [0.25, 0.3) is 0 Å². The largest absolute Gasteiger partial charge is 0.505 e. The minimum Gasteiger partial charge on any atom is -0.505 e. The molecule has 2 rings (SSSR count). The van der Waals surface area contributed by atoms with Crippen LogP contribution in [0.3, 0.4) is 0 Å². The van der Waals surface area contributed by atoms with Crippen molar-refractivity contribution in [1.82, 2.24) is 4.98 Å².